The molecule has 0 aromatic carbocycles. The molecule has 1 N–H and O–H groups in total. The zero-order valence-electron chi connectivity index (χ0n) is 14.1. The lowest BCUT2D eigenvalue weighted by Gasteiger charge is -2.30. The van der Waals surface area contributed by atoms with Gasteiger partial charge in [0.05, 0.1) is 37.3 Å². The number of hydrogen-bond donors (Lipinski definition) is 1. The lowest BCUT2D eigenvalue weighted by atomic mass is 10.1. The van der Waals surface area contributed by atoms with Gasteiger partial charge in [-0.15, -0.1) is 0 Å². The summed E-state index contributed by atoms with van der Waals surface area (Å²) >= 11 is 0. The van der Waals surface area contributed by atoms with E-state index in [0.717, 1.165) is 36.7 Å². The Morgan fingerprint density at radius 2 is 1.64 bits per heavy atom. The van der Waals surface area contributed by atoms with Gasteiger partial charge in [-0.05, 0) is 26.2 Å². The minimum absolute atomic E-state index is 0.0916. The van der Waals surface area contributed by atoms with Gasteiger partial charge in [0.1, 0.15) is 0 Å². The molecule has 0 heterocycles. The Bertz CT molecular complexity index is 458. The molecule has 0 aromatic heterocycles. The first-order valence-corrected chi connectivity index (χ1v) is 9.30. The van der Waals surface area contributed by atoms with Crippen molar-refractivity contribution in [3.05, 3.63) is 12.2 Å². The number of nitrogens with one attached hydrogen (secondary N) is 1. The van der Waals surface area contributed by atoms with Crippen LogP contribution in [-0.2, 0) is 14.9 Å². The number of carbonyl (C=O) groups excluding carboxylic acids is 1. The van der Waals surface area contributed by atoms with E-state index in [2.05, 4.69) is 11.9 Å². The van der Waals surface area contributed by atoms with Gasteiger partial charge in [-0.25, -0.2) is 8.42 Å². The van der Waals surface area contributed by atoms with Crippen molar-refractivity contribution in [3.8, 4) is 0 Å². The third kappa shape index (κ3) is 12.8. The number of unbranched alkanes of at least 4 members (excludes halogenated alkanes) is 3. The van der Waals surface area contributed by atoms with Crippen molar-refractivity contribution in [2.24, 2.45) is 0 Å². The largest absolute Gasteiger partial charge is 0.748 e. The van der Waals surface area contributed by atoms with Gasteiger partial charge in [0.15, 0.2) is 0 Å². The van der Waals surface area contributed by atoms with E-state index in [4.69, 9.17) is 0 Å². The number of amides is 1. The van der Waals surface area contributed by atoms with Crippen molar-refractivity contribution in [1.82, 2.24) is 5.32 Å². The molecule has 0 radical (unpaired) electrons. The van der Waals surface area contributed by atoms with E-state index >= 15 is 0 Å². The van der Waals surface area contributed by atoms with Crippen LogP contribution in [0.1, 0.15) is 39.0 Å². The number of carbonyl (C=O) groups is 1. The van der Waals surface area contributed by atoms with Crippen molar-refractivity contribution < 1.29 is 22.2 Å². The molecule has 0 fully saturated rings. The predicted octanol–water partition coefficient (Wildman–Crippen LogP) is 1.25. The van der Waals surface area contributed by atoms with Gasteiger partial charge in [-0.3, -0.25) is 4.79 Å². The molecule has 0 aliphatic heterocycles. The van der Waals surface area contributed by atoms with Crippen LogP contribution in [0.5, 0.6) is 0 Å². The first kappa shape index (κ1) is 21.1. The fourth-order valence-corrected chi connectivity index (χ4v) is 2.64. The van der Waals surface area contributed by atoms with Crippen molar-refractivity contribution in [3.63, 3.8) is 0 Å². The Morgan fingerprint density at radius 1 is 1.09 bits per heavy atom. The standard InChI is InChI=1S/C15H30N2O4S/c1-14(2)15(18)16-10-7-5-6-8-11-17(3,4)12-9-13-22(19,20)21/h1,5-13H2,2-4H3,(H-,16,18,19,20,21). The fourth-order valence-electron chi connectivity index (χ4n) is 2.15. The average molecular weight is 334 g/mol. The van der Waals surface area contributed by atoms with Crippen LogP contribution < -0.4 is 5.32 Å². The molecule has 22 heavy (non-hydrogen) atoms. The molecule has 0 rings (SSSR count). The van der Waals surface area contributed by atoms with Gasteiger partial charge in [-0.2, -0.15) is 0 Å². The summed E-state index contributed by atoms with van der Waals surface area (Å²) in [5.41, 5.74) is 0.527. The molecule has 0 spiro atoms. The third-order valence-electron chi connectivity index (χ3n) is 3.52. The summed E-state index contributed by atoms with van der Waals surface area (Å²) in [5.74, 6) is -0.372. The highest BCUT2D eigenvalue weighted by Gasteiger charge is 2.14. The molecule has 0 aliphatic carbocycles. The summed E-state index contributed by atoms with van der Waals surface area (Å²) < 4.78 is 32.4. The first-order valence-electron chi connectivity index (χ1n) is 7.73. The highest BCUT2D eigenvalue weighted by molar-refractivity contribution is 7.85. The van der Waals surface area contributed by atoms with Crippen molar-refractivity contribution in [2.75, 3.05) is 39.5 Å². The monoisotopic (exact) mass is 334 g/mol. The van der Waals surface area contributed by atoms with Crippen LogP contribution in [0.4, 0.5) is 0 Å². The zero-order valence-corrected chi connectivity index (χ0v) is 14.9. The van der Waals surface area contributed by atoms with E-state index < -0.39 is 10.1 Å². The molecule has 6 nitrogen and oxygen atoms in total. The second-order valence-electron chi connectivity index (χ2n) is 6.45. The Labute approximate surface area is 134 Å². The molecule has 0 saturated heterocycles. The second-order valence-corrected chi connectivity index (χ2v) is 7.97. The molecule has 1 amide bonds. The van der Waals surface area contributed by atoms with Gasteiger partial charge < -0.3 is 14.4 Å². The highest BCUT2D eigenvalue weighted by atomic mass is 32.2. The molecule has 0 unspecified atom stereocenters. The third-order valence-corrected chi connectivity index (χ3v) is 4.31. The predicted molar refractivity (Wildman–Crippen MR) is 87.3 cm³/mol. The smallest absolute Gasteiger partial charge is 0.246 e. The Morgan fingerprint density at radius 3 is 2.18 bits per heavy atom. The Balaban J connectivity index is 3.64. The normalized spacial score (nSPS) is 12.2. The van der Waals surface area contributed by atoms with Crippen molar-refractivity contribution in [1.29, 1.82) is 0 Å². The lowest BCUT2D eigenvalue weighted by molar-refractivity contribution is -0.890. The maximum atomic E-state index is 11.3. The van der Waals surface area contributed by atoms with Crippen LogP contribution in [-0.4, -0.2) is 62.8 Å². The van der Waals surface area contributed by atoms with Crippen LogP contribution >= 0.6 is 0 Å². The Kier molecular flexibility index (Phi) is 9.55. The molecule has 0 saturated carbocycles. The lowest BCUT2D eigenvalue weighted by Crippen LogP contribution is -2.41. The van der Waals surface area contributed by atoms with E-state index in [1.165, 1.54) is 0 Å². The summed E-state index contributed by atoms with van der Waals surface area (Å²) in [4.78, 5) is 11.3. The summed E-state index contributed by atoms with van der Waals surface area (Å²) in [6, 6.07) is 0. The number of rotatable bonds is 12. The molecule has 0 aromatic rings. The minimum Gasteiger partial charge on any atom is -0.748 e. The molecule has 0 aliphatic rings. The van der Waals surface area contributed by atoms with E-state index in [9.17, 15) is 17.8 Å². The molecule has 130 valence electrons. The van der Waals surface area contributed by atoms with Crippen LogP contribution in [0.15, 0.2) is 12.2 Å². The molecule has 0 atom stereocenters. The summed E-state index contributed by atoms with van der Waals surface area (Å²) in [6.45, 7) is 7.58. The van der Waals surface area contributed by atoms with E-state index in [1.54, 1.807) is 6.92 Å². The van der Waals surface area contributed by atoms with Gasteiger partial charge >= 0.3 is 0 Å². The fraction of sp³-hybridized carbons (Fsp3) is 0.800. The summed E-state index contributed by atoms with van der Waals surface area (Å²) in [6.07, 6.45) is 4.52. The van der Waals surface area contributed by atoms with Crippen LogP contribution in [0.3, 0.4) is 0 Å². The summed E-state index contributed by atoms with van der Waals surface area (Å²) in [5, 5.41) is 2.80. The average Bonchev–Trinajstić information content (AvgIpc) is 2.35. The minimum atomic E-state index is -4.10. The van der Waals surface area contributed by atoms with E-state index in [0.29, 0.717) is 25.1 Å². The Hall–Kier alpha value is -0.920. The van der Waals surface area contributed by atoms with Crippen molar-refractivity contribution in [2.45, 2.75) is 39.0 Å². The van der Waals surface area contributed by atoms with E-state index in [-0.39, 0.29) is 11.7 Å². The molecular formula is C15H30N2O4S. The van der Waals surface area contributed by atoms with Crippen LogP contribution in [0.25, 0.3) is 0 Å². The number of nitrogens with zero attached hydrogens (tertiary/aromatic N) is 1. The maximum Gasteiger partial charge on any atom is 0.246 e. The van der Waals surface area contributed by atoms with Gasteiger partial charge in [0.25, 0.3) is 0 Å². The summed E-state index contributed by atoms with van der Waals surface area (Å²) in [7, 11) is -0.00364. The van der Waals surface area contributed by atoms with Gasteiger partial charge in [-0.1, -0.05) is 13.0 Å². The van der Waals surface area contributed by atoms with Crippen LogP contribution in [0.2, 0.25) is 0 Å². The zero-order chi connectivity index (χ0) is 17.2. The van der Waals surface area contributed by atoms with Crippen LogP contribution in [0, 0.1) is 0 Å². The maximum absolute atomic E-state index is 11.3. The molecule has 0 bridgehead atoms. The van der Waals surface area contributed by atoms with Gasteiger partial charge in [0.2, 0.25) is 5.91 Å². The highest BCUT2D eigenvalue weighted by Crippen LogP contribution is 2.07. The van der Waals surface area contributed by atoms with Gasteiger partial charge in [0, 0.05) is 24.3 Å². The SMILES string of the molecule is C=C(C)C(=O)NCCCCCC[N+](C)(C)CCCS(=O)(=O)[O-]. The van der Waals surface area contributed by atoms with Crippen molar-refractivity contribution >= 4 is 16.0 Å². The van der Waals surface area contributed by atoms with E-state index in [1.807, 2.05) is 14.1 Å². The first-order chi connectivity index (χ1) is 10.0. The topological polar surface area (TPSA) is 86.3 Å². The molecule has 7 heteroatoms. The quantitative estimate of drug-likeness (QED) is 0.252. The number of hydrogen-bond acceptors (Lipinski definition) is 4. The molecular weight excluding hydrogens is 304 g/mol. The second kappa shape index (κ2) is 9.97. The number of quaternary nitrogens is 1.